The first kappa shape index (κ1) is 23.7. The highest BCUT2D eigenvalue weighted by atomic mass is 16.5. The van der Waals surface area contributed by atoms with E-state index in [4.69, 9.17) is 14.2 Å². The lowest BCUT2D eigenvalue weighted by Crippen LogP contribution is -2.41. The number of carbonyl (C=O) groups is 1. The Labute approximate surface area is 197 Å². The maximum Gasteiger partial charge on any atom is 0.171 e. The van der Waals surface area contributed by atoms with Crippen LogP contribution in [0.25, 0.3) is 11.3 Å². The van der Waals surface area contributed by atoms with Crippen LogP contribution in [0.15, 0.2) is 42.5 Å². The second-order valence-corrected chi connectivity index (χ2v) is 9.02. The predicted molar refractivity (Wildman–Crippen MR) is 131 cm³/mol. The van der Waals surface area contributed by atoms with Gasteiger partial charge in [0.25, 0.3) is 0 Å². The molecule has 0 spiro atoms. The zero-order valence-electron chi connectivity index (χ0n) is 18.9. The van der Waals surface area contributed by atoms with Gasteiger partial charge >= 0.3 is 0 Å². The van der Waals surface area contributed by atoms with Gasteiger partial charge in [0.05, 0.1) is 18.8 Å². The van der Waals surface area contributed by atoms with Gasteiger partial charge in [0.15, 0.2) is 5.78 Å². The summed E-state index contributed by atoms with van der Waals surface area (Å²) >= 11 is 0. The predicted octanol–water partition coefficient (Wildman–Crippen LogP) is 4.51. The second-order valence-electron chi connectivity index (χ2n) is 9.02. The van der Waals surface area contributed by atoms with E-state index in [0.29, 0.717) is 25.1 Å². The summed E-state index contributed by atoms with van der Waals surface area (Å²) in [5, 5.41) is 0. The number of Topliss-reactive ketones (excluding diaryl/α,β-unsaturated/α-hetero) is 1. The molecule has 2 aromatic rings. The third kappa shape index (κ3) is 4.50. The second kappa shape index (κ2) is 10.2. The van der Waals surface area contributed by atoms with Crippen molar-refractivity contribution >= 4 is 17.1 Å². The first-order valence-electron chi connectivity index (χ1n) is 11.5. The summed E-state index contributed by atoms with van der Waals surface area (Å²) in [4.78, 5) is 15.3. The van der Waals surface area contributed by atoms with E-state index in [1.165, 1.54) is 11.1 Å². The Morgan fingerprint density at radius 2 is 1.70 bits per heavy atom. The third-order valence-corrected chi connectivity index (χ3v) is 7.08. The van der Waals surface area contributed by atoms with Gasteiger partial charge in [-0.3, -0.25) is 9.69 Å². The van der Waals surface area contributed by atoms with Gasteiger partial charge in [-0.05, 0) is 36.0 Å². The molecule has 1 saturated heterocycles. The first-order valence-corrected chi connectivity index (χ1v) is 11.5. The molecule has 0 bridgehead atoms. The molecule has 0 aromatic heterocycles. The molecule has 33 heavy (non-hydrogen) atoms. The van der Waals surface area contributed by atoms with Crippen molar-refractivity contribution in [3.05, 3.63) is 70.3 Å². The Bertz CT molecular complexity index is 1030. The van der Waals surface area contributed by atoms with E-state index in [1.54, 1.807) is 14.2 Å². The number of allylic oxidation sites excluding steroid dienone is 1. The van der Waals surface area contributed by atoms with Crippen LogP contribution in [0.1, 0.15) is 48.1 Å². The standard InChI is InChI=1S/C27H31NO4.CH4/c1-30-16-21-8-9-22(17-31-2)28(21)12-11-18-7-10-24-20(13-18)15-32-27(24)26-23-6-4-3-5-19(23)14-25(26)29;/h3-7,10,13,21-22H,8-9,11-12,14-17H2,1-2H3;1H4/b27-26+;/t21-,22-;/m0./s1. The zero-order chi connectivity index (χ0) is 22.1. The fourth-order valence-corrected chi connectivity index (χ4v) is 5.54. The highest BCUT2D eigenvalue weighted by molar-refractivity contribution is 6.31. The van der Waals surface area contributed by atoms with Crippen LogP contribution in [-0.2, 0) is 38.5 Å². The molecule has 176 valence electrons. The number of ketones is 1. The number of carbonyl (C=O) groups excluding carboxylic acids is 1. The fourth-order valence-electron chi connectivity index (χ4n) is 5.54. The van der Waals surface area contributed by atoms with Gasteiger partial charge in [0, 0.05) is 50.4 Å². The Morgan fingerprint density at radius 3 is 2.42 bits per heavy atom. The average Bonchev–Trinajstić information content (AvgIpc) is 3.47. The maximum atomic E-state index is 12.7. The van der Waals surface area contributed by atoms with Crippen molar-refractivity contribution in [3.8, 4) is 0 Å². The largest absolute Gasteiger partial charge is 0.487 e. The maximum absolute atomic E-state index is 12.7. The molecule has 0 saturated carbocycles. The summed E-state index contributed by atoms with van der Waals surface area (Å²) in [6.45, 7) is 3.05. The molecule has 0 unspecified atom stereocenters. The first-order chi connectivity index (χ1) is 15.7. The third-order valence-electron chi connectivity index (χ3n) is 7.08. The summed E-state index contributed by atoms with van der Waals surface area (Å²) in [6, 6.07) is 15.5. The van der Waals surface area contributed by atoms with Crippen molar-refractivity contribution < 1.29 is 19.0 Å². The minimum absolute atomic E-state index is 0. The fraction of sp³-hybridized carbons (Fsp3) is 0.464. The highest BCUT2D eigenvalue weighted by Gasteiger charge is 2.34. The van der Waals surface area contributed by atoms with Crippen molar-refractivity contribution in [2.24, 2.45) is 0 Å². The van der Waals surface area contributed by atoms with E-state index in [-0.39, 0.29) is 13.2 Å². The zero-order valence-corrected chi connectivity index (χ0v) is 18.9. The van der Waals surface area contributed by atoms with Gasteiger partial charge < -0.3 is 14.2 Å². The van der Waals surface area contributed by atoms with Crippen LogP contribution in [0.4, 0.5) is 0 Å². The molecule has 0 N–H and O–H groups in total. The smallest absolute Gasteiger partial charge is 0.171 e. The highest BCUT2D eigenvalue weighted by Crippen LogP contribution is 2.41. The molecule has 2 aliphatic heterocycles. The van der Waals surface area contributed by atoms with Crippen LogP contribution < -0.4 is 0 Å². The number of ether oxygens (including phenoxy) is 3. The number of nitrogens with zero attached hydrogens (tertiary/aromatic N) is 1. The lowest BCUT2D eigenvalue weighted by Gasteiger charge is -2.29. The minimum atomic E-state index is 0. The number of hydrogen-bond donors (Lipinski definition) is 0. The number of rotatable bonds is 7. The molecule has 0 amide bonds. The van der Waals surface area contributed by atoms with Crippen LogP contribution in [-0.4, -0.2) is 56.7 Å². The van der Waals surface area contributed by atoms with E-state index < -0.39 is 0 Å². The van der Waals surface area contributed by atoms with Crippen LogP contribution in [0.5, 0.6) is 0 Å². The molecule has 1 fully saturated rings. The summed E-state index contributed by atoms with van der Waals surface area (Å²) in [5.74, 6) is 0.905. The lowest BCUT2D eigenvalue weighted by atomic mass is 9.98. The molecule has 0 radical (unpaired) electrons. The summed E-state index contributed by atoms with van der Waals surface area (Å²) in [7, 11) is 3.56. The normalized spacial score (nSPS) is 23.9. The van der Waals surface area contributed by atoms with E-state index >= 15 is 0 Å². The molecule has 3 aliphatic rings. The van der Waals surface area contributed by atoms with Crippen LogP contribution in [0, 0.1) is 0 Å². The number of likely N-dealkylation sites (tertiary alicyclic amines) is 1. The molecule has 5 nitrogen and oxygen atoms in total. The molecular formula is C28H35NO4. The lowest BCUT2D eigenvalue weighted by molar-refractivity contribution is -0.112. The van der Waals surface area contributed by atoms with Crippen LogP contribution in [0.3, 0.4) is 0 Å². The molecule has 5 rings (SSSR count). The number of hydrogen-bond acceptors (Lipinski definition) is 5. The Kier molecular flexibility index (Phi) is 7.32. The van der Waals surface area contributed by atoms with Crippen molar-refractivity contribution in [2.45, 2.75) is 51.8 Å². The van der Waals surface area contributed by atoms with Crippen LogP contribution >= 0.6 is 0 Å². The molecule has 5 heteroatoms. The quantitative estimate of drug-likeness (QED) is 0.582. The van der Waals surface area contributed by atoms with Crippen LogP contribution in [0.2, 0.25) is 0 Å². The summed E-state index contributed by atoms with van der Waals surface area (Å²) in [6.07, 6.45) is 3.76. The van der Waals surface area contributed by atoms with Crippen molar-refractivity contribution in [3.63, 3.8) is 0 Å². The number of benzene rings is 2. The van der Waals surface area contributed by atoms with E-state index in [2.05, 4.69) is 23.1 Å². The van der Waals surface area contributed by atoms with Gasteiger partial charge in [-0.25, -0.2) is 0 Å². The van der Waals surface area contributed by atoms with E-state index in [0.717, 1.165) is 67.0 Å². The average molecular weight is 450 g/mol. The number of methoxy groups -OCH3 is 2. The van der Waals surface area contributed by atoms with Crippen molar-refractivity contribution in [2.75, 3.05) is 34.0 Å². The molecule has 2 aromatic carbocycles. The molecular weight excluding hydrogens is 414 g/mol. The van der Waals surface area contributed by atoms with Gasteiger partial charge in [-0.2, -0.15) is 0 Å². The Balaban J connectivity index is 0.00000259. The van der Waals surface area contributed by atoms with E-state index in [9.17, 15) is 4.79 Å². The van der Waals surface area contributed by atoms with Gasteiger partial charge in [-0.15, -0.1) is 0 Å². The SMILES string of the molecule is C.COC[C@@H]1CC[C@@H](COC)N1CCc1ccc2c(c1)CO/C2=C1/C(=O)Cc2ccccc21. The summed E-state index contributed by atoms with van der Waals surface area (Å²) < 4.78 is 17.0. The Hall–Kier alpha value is -2.47. The Morgan fingerprint density at radius 1 is 0.970 bits per heavy atom. The van der Waals surface area contributed by atoms with Gasteiger partial charge in [0.1, 0.15) is 12.4 Å². The summed E-state index contributed by atoms with van der Waals surface area (Å²) in [5.41, 5.74) is 6.39. The van der Waals surface area contributed by atoms with Gasteiger partial charge in [-0.1, -0.05) is 49.9 Å². The minimum Gasteiger partial charge on any atom is -0.487 e. The van der Waals surface area contributed by atoms with E-state index in [1.807, 2.05) is 24.3 Å². The van der Waals surface area contributed by atoms with Crippen molar-refractivity contribution in [1.82, 2.24) is 4.90 Å². The number of fused-ring (bicyclic) bond motifs is 2. The monoisotopic (exact) mass is 449 g/mol. The topological polar surface area (TPSA) is 48.0 Å². The molecule has 2 heterocycles. The molecule has 1 aliphatic carbocycles. The molecule has 2 atom stereocenters. The van der Waals surface area contributed by atoms with Crippen molar-refractivity contribution in [1.29, 1.82) is 0 Å². The van der Waals surface area contributed by atoms with Gasteiger partial charge in [0.2, 0.25) is 0 Å².